The second-order valence-electron chi connectivity index (χ2n) is 5.99. The van der Waals surface area contributed by atoms with Crippen LogP contribution in [0.5, 0.6) is 5.75 Å². The van der Waals surface area contributed by atoms with Crippen LogP contribution < -0.4 is 10.1 Å². The number of hydrogen-bond donors (Lipinski definition) is 1. The van der Waals surface area contributed by atoms with E-state index < -0.39 is 0 Å². The van der Waals surface area contributed by atoms with E-state index in [0.29, 0.717) is 0 Å². The average molecular weight is 310 g/mol. The van der Waals surface area contributed by atoms with Gasteiger partial charge in [-0.15, -0.1) is 0 Å². The molecule has 1 aliphatic heterocycles. The molecule has 4 heteroatoms. The molecule has 1 atom stereocenters. The number of nitrogens with zero attached hydrogens (tertiary/aromatic N) is 1. The Morgan fingerprint density at radius 3 is 2.70 bits per heavy atom. The zero-order valence-electron chi connectivity index (χ0n) is 13.3. The number of methoxy groups -OCH3 is 1. The summed E-state index contributed by atoms with van der Waals surface area (Å²) >= 11 is 0. The zero-order valence-corrected chi connectivity index (χ0v) is 13.3. The van der Waals surface area contributed by atoms with Gasteiger partial charge in [0.25, 0.3) is 0 Å². The van der Waals surface area contributed by atoms with Crippen LogP contribution >= 0.6 is 0 Å². The molecule has 1 aliphatic rings. The predicted molar refractivity (Wildman–Crippen MR) is 89.4 cm³/mol. The Morgan fingerprint density at radius 1 is 1.17 bits per heavy atom. The molecule has 118 valence electrons. The Balaban J connectivity index is 1.88. The van der Waals surface area contributed by atoms with Crippen LogP contribution in [0.1, 0.15) is 22.9 Å². The highest BCUT2D eigenvalue weighted by molar-refractivity contribution is 5.86. The third-order valence-electron chi connectivity index (χ3n) is 4.76. The van der Waals surface area contributed by atoms with Gasteiger partial charge >= 0.3 is 0 Å². The lowest BCUT2D eigenvalue weighted by molar-refractivity contribution is 0.414. The largest absolute Gasteiger partial charge is 0.497 e. The lowest BCUT2D eigenvalue weighted by atomic mass is 9.94. The summed E-state index contributed by atoms with van der Waals surface area (Å²) in [7, 11) is 3.73. The molecule has 2 heterocycles. The fourth-order valence-electron chi connectivity index (χ4n) is 3.65. The van der Waals surface area contributed by atoms with Crippen LogP contribution in [-0.4, -0.2) is 18.2 Å². The molecule has 2 aromatic carbocycles. The molecule has 0 spiro atoms. The summed E-state index contributed by atoms with van der Waals surface area (Å²) in [6, 6.07) is 13.3. The van der Waals surface area contributed by atoms with E-state index in [9.17, 15) is 4.39 Å². The van der Waals surface area contributed by atoms with Gasteiger partial charge in [-0.05, 0) is 47.9 Å². The maximum Gasteiger partial charge on any atom is 0.123 e. The summed E-state index contributed by atoms with van der Waals surface area (Å²) in [6.45, 7) is 0.888. The standard InChI is InChI=1S/C19H19FN2O/c1-22-17-8-5-13(20)11-16(17)15-9-10-21-18(19(15)22)12-3-6-14(23-2)7-4-12/h3-8,11,18,21H,9-10H2,1-2H3. The molecular formula is C19H19FN2O. The smallest absolute Gasteiger partial charge is 0.123 e. The summed E-state index contributed by atoms with van der Waals surface area (Å²) in [5, 5.41) is 4.62. The van der Waals surface area contributed by atoms with Crippen molar-refractivity contribution in [2.45, 2.75) is 12.5 Å². The van der Waals surface area contributed by atoms with E-state index in [-0.39, 0.29) is 11.9 Å². The second kappa shape index (κ2) is 5.39. The number of nitrogens with one attached hydrogen (secondary N) is 1. The fraction of sp³-hybridized carbons (Fsp3) is 0.263. The molecule has 0 amide bonds. The molecule has 0 bridgehead atoms. The van der Waals surface area contributed by atoms with Crippen molar-refractivity contribution >= 4 is 10.9 Å². The van der Waals surface area contributed by atoms with Gasteiger partial charge in [0.1, 0.15) is 11.6 Å². The molecule has 23 heavy (non-hydrogen) atoms. The molecule has 0 saturated carbocycles. The van der Waals surface area contributed by atoms with Crippen molar-refractivity contribution in [3.8, 4) is 5.75 Å². The lowest BCUT2D eigenvalue weighted by Gasteiger charge is -2.26. The van der Waals surface area contributed by atoms with E-state index in [1.807, 2.05) is 18.2 Å². The first-order chi connectivity index (χ1) is 11.2. The normalized spacial score (nSPS) is 17.3. The lowest BCUT2D eigenvalue weighted by Crippen LogP contribution is -2.31. The predicted octanol–water partition coefficient (Wildman–Crippen LogP) is 3.56. The molecule has 1 aromatic heterocycles. The van der Waals surface area contributed by atoms with Crippen LogP contribution in [0.25, 0.3) is 10.9 Å². The van der Waals surface area contributed by atoms with Crippen molar-refractivity contribution in [3.63, 3.8) is 0 Å². The van der Waals surface area contributed by atoms with Crippen LogP contribution in [0, 0.1) is 5.82 Å². The van der Waals surface area contributed by atoms with Crippen molar-refractivity contribution in [2.75, 3.05) is 13.7 Å². The van der Waals surface area contributed by atoms with E-state index in [1.165, 1.54) is 22.9 Å². The molecule has 0 fully saturated rings. The number of aryl methyl sites for hydroxylation is 1. The van der Waals surface area contributed by atoms with Gasteiger partial charge in [0, 0.05) is 30.2 Å². The monoisotopic (exact) mass is 310 g/mol. The van der Waals surface area contributed by atoms with Crippen LogP contribution in [0.15, 0.2) is 42.5 Å². The van der Waals surface area contributed by atoms with E-state index in [4.69, 9.17) is 4.74 Å². The number of benzene rings is 2. The van der Waals surface area contributed by atoms with Crippen molar-refractivity contribution < 1.29 is 9.13 Å². The summed E-state index contributed by atoms with van der Waals surface area (Å²) in [4.78, 5) is 0. The zero-order chi connectivity index (χ0) is 16.0. The molecule has 3 aromatic rings. The van der Waals surface area contributed by atoms with E-state index in [0.717, 1.165) is 29.6 Å². The van der Waals surface area contributed by atoms with Crippen molar-refractivity contribution in [2.24, 2.45) is 7.05 Å². The van der Waals surface area contributed by atoms with Gasteiger partial charge in [-0.3, -0.25) is 0 Å². The number of hydrogen-bond acceptors (Lipinski definition) is 2. The van der Waals surface area contributed by atoms with Gasteiger partial charge in [0.2, 0.25) is 0 Å². The highest BCUT2D eigenvalue weighted by Gasteiger charge is 2.27. The summed E-state index contributed by atoms with van der Waals surface area (Å²) in [6.07, 6.45) is 0.919. The summed E-state index contributed by atoms with van der Waals surface area (Å²) in [5.41, 5.74) is 4.75. The van der Waals surface area contributed by atoms with Gasteiger partial charge in [-0.1, -0.05) is 12.1 Å². The minimum Gasteiger partial charge on any atom is -0.497 e. The third kappa shape index (κ3) is 2.21. The second-order valence-corrected chi connectivity index (χ2v) is 5.99. The molecule has 0 radical (unpaired) electrons. The molecule has 1 N–H and O–H groups in total. The maximum absolute atomic E-state index is 13.7. The van der Waals surface area contributed by atoms with Gasteiger partial charge in [0.05, 0.1) is 13.2 Å². The maximum atomic E-state index is 13.7. The first-order valence-corrected chi connectivity index (χ1v) is 7.83. The number of halogens is 1. The Morgan fingerprint density at radius 2 is 1.96 bits per heavy atom. The van der Waals surface area contributed by atoms with Crippen LogP contribution in [0.3, 0.4) is 0 Å². The van der Waals surface area contributed by atoms with Crippen LogP contribution in [-0.2, 0) is 13.5 Å². The van der Waals surface area contributed by atoms with Crippen molar-refractivity contribution in [1.29, 1.82) is 0 Å². The Hall–Kier alpha value is -2.33. The van der Waals surface area contributed by atoms with E-state index in [2.05, 4.69) is 29.1 Å². The molecular weight excluding hydrogens is 291 g/mol. The topological polar surface area (TPSA) is 26.2 Å². The Bertz CT molecular complexity index is 867. The Labute approximate surface area is 134 Å². The SMILES string of the molecule is COc1ccc(C2NCCc3c2n(C)c2ccc(F)cc32)cc1. The van der Waals surface area contributed by atoms with E-state index in [1.54, 1.807) is 13.2 Å². The van der Waals surface area contributed by atoms with Gasteiger partial charge in [0.15, 0.2) is 0 Å². The Kier molecular flexibility index (Phi) is 3.34. The summed E-state index contributed by atoms with van der Waals surface area (Å²) < 4.78 is 21.1. The van der Waals surface area contributed by atoms with E-state index >= 15 is 0 Å². The van der Waals surface area contributed by atoms with Gasteiger partial charge in [-0.2, -0.15) is 0 Å². The first kappa shape index (κ1) is 14.3. The third-order valence-corrected chi connectivity index (χ3v) is 4.76. The van der Waals surface area contributed by atoms with Crippen LogP contribution in [0.4, 0.5) is 4.39 Å². The van der Waals surface area contributed by atoms with Crippen molar-refractivity contribution in [1.82, 2.24) is 9.88 Å². The minimum atomic E-state index is -0.176. The highest BCUT2D eigenvalue weighted by atomic mass is 19.1. The fourth-order valence-corrected chi connectivity index (χ4v) is 3.65. The molecule has 1 unspecified atom stereocenters. The van der Waals surface area contributed by atoms with Crippen molar-refractivity contribution in [3.05, 3.63) is 65.1 Å². The molecule has 0 aliphatic carbocycles. The number of fused-ring (bicyclic) bond motifs is 3. The minimum absolute atomic E-state index is 0.116. The first-order valence-electron chi connectivity index (χ1n) is 7.83. The number of ether oxygens (including phenoxy) is 1. The molecule has 3 nitrogen and oxygen atoms in total. The number of rotatable bonds is 2. The number of aromatic nitrogens is 1. The molecule has 0 saturated heterocycles. The quantitative estimate of drug-likeness (QED) is 0.783. The average Bonchev–Trinajstić information content (AvgIpc) is 2.87. The summed E-state index contributed by atoms with van der Waals surface area (Å²) in [5.74, 6) is 0.675. The van der Waals surface area contributed by atoms with Crippen LogP contribution in [0.2, 0.25) is 0 Å². The molecule has 4 rings (SSSR count). The van der Waals surface area contributed by atoms with Gasteiger partial charge < -0.3 is 14.6 Å². The van der Waals surface area contributed by atoms with Gasteiger partial charge in [-0.25, -0.2) is 4.39 Å². The highest BCUT2D eigenvalue weighted by Crippen LogP contribution is 2.36.